The number of ether oxygens (including phenoxy) is 2. The van der Waals surface area contributed by atoms with E-state index >= 15 is 0 Å². The van der Waals surface area contributed by atoms with E-state index in [1.54, 1.807) is 30.3 Å². The first kappa shape index (κ1) is 14.5. The van der Waals surface area contributed by atoms with Gasteiger partial charge < -0.3 is 13.9 Å². The molecule has 1 aliphatic heterocycles. The average molecular weight is 322 g/mol. The summed E-state index contributed by atoms with van der Waals surface area (Å²) in [6, 6.07) is 13.6. The topological polar surface area (TPSA) is 65.7 Å². The van der Waals surface area contributed by atoms with Gasteiger partial charge in [-0.1, -0.05) is 0 Å². The molecule has 1 aliphatic rings. The molecule has 120 valence electrons. The summed E-state index contributed by atoms with van der Waals surface area (Å²) in [5.41, 5.74) is 1.66. The van der Waals surface area contributed by atoms with E-state index in [2.05, 4.69) is 0 Å². The fourth-order valence-corrected chi connectivity index (χ4v) is 2.72. The van der Waals surface area contributed by atoms with Crippen molar-refractivity contribution in [2.24, 2.45) is 0 Å². The molecule has 2 heterocycles. The Balaban J connectivity index is 1.50. The number of rotatable bonds is 4. The minimum atomic E-state index is -0.420. The Kier molecular flexibility index (Phi) is 3.54. The summed E-state index contributed by atoms with van der Waals surface area (Å²) in [6.07, 6.45) is 0.820. The molecule has 5 heteroatoms. The lowest BCUT2D eigenvalue weighted by molar-refractivity contribution is 0.0921. The Bertz CT molecular complexity index is 986. The first-order valence-corrected chi connectivity index (χ1v) is 7.65. The minimum Gasteiger partial charge on any atom is -0.493 e. The standard InChI is InChI=1S/C19H14O5/c20-16(13-2-5-17-14(9-13)7-8-22-17)11-23-15-4-1-12-3-6-19(21)24-18(12)10-15/h1-6,9-10H,7-8,11H2. The van der Waals surface area contributed by atoms with Crippen LogP contribution in [0.5, 0.6) is 11.5 Å². The highest BCUT2D eigenvalue weighted by Gasteiger charge is 2.15. The van der Waals surface area contributed by atoms with E-state index < -0.39 is 5.63 Å². The average Bonchev–Trinajstić information content (AvgIpc) is 3.06. The fourth-order valence-electron chi connectivity index (χ4n) is 2.72. The van der Waals surface area contributed by atoms with Gasteiger partial charge in [0.15, 0.2) is 12.4 Å². The van der Waals surface area contributed by atoms with Crippen molar-refractivity contribution in [3.05, 3.63) is 70.1 Å². The zero-order chi connectivity index (χ0) is 16.5. The Labute approximate surface area is 137 Å². The molecular formula is C19H14O5. The summed E-state index contributed by atoms with van der Waals surface area (Å²) in [7, 11) is 0. The van der Waals surface area contributed by atoms with Crippen LogP contribution >= 0.6 is 0 Å². The maximum atomic E-state index is 12.3. The van der Waals surface area contributed by atoms with Crippen LogP contribution in [0, 0.1) is 0 Å². The molecule has 1 aromatic heterocycles. The van der Waals surface area contributed by atoms with Crippen molar-refractivity contribution in [1.82, 2.24) is 0 Å². The highest BCUT2D eigenvalue weighted by molar-refractivity contribution is 5.97. The molecule has 3 aromatic rings. The maximum Gasteiger partial charge on any atom is 0.336 e. The first-order chi connectivity index (χ1) is 11.7. The molecule has 0 radical (unpaired) electrons. The molecule has 0 N–H and O–H groups in total. The predicted octanol–water partition coefficient (Wildman–Crippen LogP) is 2.99. The van der Waals surface area contributed by atoms with E-state index in [0.29, 0.717) is 23.5 Å². The Hall–Kier alpha value is -3.08. The van der Waals surface area contributed by atoms with Crippen LogP contribution in [0.3, 0.4) is 0 Å². The highest BCUT2D eigenvalue weighted by atomic mass is 16.5. The number of carbonyl (C=O) groups excluding carboxylic acids is 1. The van der Waals surface area contributed by atoms with E-state index in [1.165, 1.54) is 6.07 Å². The number of carbonyl (C=O) groups is 1. The smallest absolute Gasteiger partial charge is 0.336 e. The molecule has 0 fully saturated rings. The van der Waals surface area contributed by atoms with Crippen LogP contribution in [0.15, 0.2) is 57.7 Å². The van der Waals surface area contributed by atoms with Crippen molar-refractivity contribution >= 4 is 16.8 Å². The Morgan fingerprint density at radius 1 is 1.08 bits per heavy atom. The summed E-state index contributed by atoms with van der Waals surface area (Å²) in [5.74, 6) is 1.21. The molecule has 0 bridgehead atoms. The molecule has 0 saturated carbocycles. The Morgan fingerprint density at radius 2 is 1.96 bits per heavy atom. The molecule has 0 saturated heterocycles. The number of benzene rings is 2. The van der Waals surface area contributed by atoms with E-state index in [1.807, 2.05) is 12.1 Å². The van der Waals surface area contributed by atoms with Crippen LogP contribution in [0.1, 0.15) is 15.9 Å². The molecule has 0 atom stereocenters. The van der Waals surface area contributed by atoms with E-state index in [4.69, 9.17) is 13.9 Å². The van der Waals surface area contributed by atoms with Crippen LogP contribution < -0.4 is 15.1 Å². The second kappa shape index (κ2) is 5.85. The van der Waals surface area contributed by atoms with Gasteiger partial charge in [-0.3, -0.25) is 4.79 Å². The molecule has 4 rings (SSSR count). The van der Waals surface area contributed by atoms with Gasteiger partial charge in [-0.05, 0) is 42.0 Å². The van der Waals surface area contributed by atoms with E-state index in [0.717, 1.165) is 23.1 Å². The molecular weight excluding hydrogens is 308 g/mol. The lowest BCUT2D eigenvalue weighted by atomic mass is 10.1. The number of fused-ring (bicyclic) bond motifs is 2. The lowest BCUT2D eigenvalue weighted by Crippen LogP contribution is -2.11. The van der Waals surface area contributed by atoms with Crippen LogP contribution in [0.2, 0.25) is 0 Å². The van der Waals surface area contributed by atoms with Gasteiger partial charge in [-0.15, -0.1) is 0 Å². The van der Waals surface area contributed by atoms with Crippen LogP contribution in [-0.2, 0) is 6.42 Å². The van der Waals surface area contributed by atoms with Crippen LogP contribution in [0.4, 0.5) is 0 Å². The third kappa shape index (κ3) is 2.76. The van der Waals surface area contributed by atoms with Gasteiger partial charge in [0, 0.05) is 29.5 Å². The van der Waals surface area contributed by atoms with Crippen molar-refractivity contribution in [1.29, 1.82) is 0 Å². The van der Waals surface area contributed by atoms with Crippen molar-refractivity contribution in [2.45, 2.75) is 6.42 Å². The van der Waals surface area contributed by atoms with Gasteiger partial charge in [0.1, 0.15) is 17.1 Å². The molecule has 5 nitrogen and oxygen atoms in total. The summed E-state index contributed by atoms with van der Waals surface area (Å²) in [6.45, 7) is 0.577. The zero-order valence-electron chi connectivity index (χ0n) is 12.8. The highest BCUT2D eigenvalue weighted by Crippen LogP contribution is 2.26. The minimum absolute atomic E-state index is 0.0811. The molecule has 0 amide bonds. The fraction of sp³-hybridized carbons (Fsp3) is 0.158. The van der Waals surface area contributed by atoms with Gasteiger partial charge in [0.2, 0.25) is 0 Å². The van der Waals surface area contributed by atoms with Gasteiger partial charge in [-0.25, -0.2) is 4.79 Å². The van der Waals surface area contributed by atoms with Crippen LogP contribution in [-0.4, -0.2) is 19.0 Å². The molecule has 0 aliphatic carbocycles. The maximum absolute atomic E-state index is 12.3. The Morgan fingerprint density at radius 3 is 2.88 bits per heavy atom. The first-order valence-electron chi connectivity index (χ1n) is 7.65. The number of Topliss-reactive ketones (excluding diaryl/α,β-unsaturated/α-hetero) is 1. The quantitative estimate of drug-likeness (QED) is 0.546. The number of hydrogen-bond acceptors (Lipinski definition) is 5. The van der Waals surface area contributed by atoms with Crippen molar-refractivity contribution in [3.8, 4) is 11.5 Å². The molecule has 24 heavy (non-hydrogen) atoms. The number of hydrogen-bond donors (Lipinski definition) is 0. The summed E-state index contributed by atoms with van der Waals surface area (Å²) in [5, 5.41) is 0.798. The largest absolute Gasteiger partial charge is 0.493 e. The molecule has 0 unspecified atom stereocenters. The predicted molar refractivity (Wildman–Crippen MR) is 88.0 cm³/mol. The number of ketones is 1. The van der Waals surface area contributed by atoms with E-state index in [9.17, 15) is 9.59 Å². The summed E-state index contributed by atoms with van der Waals surface area (Å²) in [4.78, 5) is 23.6. The summed E-state index contributed by atoms with van der Waals surface area (Å²) >= 11 is 0. The summed E-state index contributed by atoms with van der Waals surface area (Å²) < 4.78 is 16.1. The lowest BCUT2D eigenvalue weighted by Gasteiger charge is -2.07. The normalized spacial score (nSPS) is 12.7. The second-order valence-corrected chi connectivity index (χ2v) is 5.59. The monoisotopic (exact) mass is 322 g/mol. The molecule has 0 spiro atoms. The van der Waals surface area contributed by atoms with Crippen molar-refractivity contribution < 1.29 is 18.7 Å². The third-order valence-corrected chi connectivity index (χ3v) is 3.98. The van der Waals surface area contributed by atoms with Crippen molar-refractivity contribution in [3.63, 3.8) is 0 Å². The van der Waals surface area contributed by atoms with Crippen molar-refractivity contribution in [2.75, 3.05) is 13.2 Å². The third-order valence-electron chi connectivity index (χ3n) is 3.98. The van der Waals surface area contributed by atoms with Crippen LogP contribution in [0.25, 0.3) is 11.0 Å². The van der Waals surface area contributed by atoms with Gasteiger partial charge >= 0.3 is 5.63 Å². The zero-order valence-corrected chi connectivity index (χ0v) is 12.8. The van der Waals surface area contributed by atoms with Gasteiger partial charge in [-0.2, -0.15) is 0 Å². The molecule has 2 aromatic carbocycles. The SMILES string of the molecule is O=C(COc1ccc2ccc(=O)oc2c1)c1ccc2c(c1)CCO2. The van der Waals surface area contributed by atoms with Gasteiger partial charge in [0.25, 0.3) is 0 Å². The van der Waals surface area contributed by atoms with Gasteiger partial charge in [0.05, 0.1) is 6.61 Å². The second-order valence-electron chi connectivity index (χ2n) is 5.59. The van der Waals surface area contributed by atoms with E-state index in [-0.39, 0.29) is 12.4 Å².